The van der Waals surface area contributed by atoms with Crippen molar-refractivity contribution in [1.29, 1.82) is 0 Å². The van der Waals surface area contributed by atoms with Crippen LogP contribution in [0, 0.1) is 0 Å². The predicted molar refractivity (Wildman–Crippen MR) is 82.8 cm³/mol. The molecular weight excluding hydrogens is 252 g/mol. The molecule has 1 aliphatic heterocycles. The van der Waals surface area contributed by atoms with Crippen LogP contribution in [0.5, 0.6) is 0 Å². The highest BCUT2D eigenvalue weighted by molar-refractivity contribution is 7.10. The maximum Gasteiger partial charge on any atom is 0.0525 e. The zero-order valence-electron chi connectivity index (χ0n) is 11.5. The molecule has 0 spiro atoms. The minimum atomic E-state index is 0.108. The lowest BCUT2D eigenvalue weighted by Crippen LogP contribution is -2.33. The molecule has 0 saturated carbocycles. The quantitative estimate of drug-likeness (QED) is 0.898. The number of benzene rings is 1. The van der Waals surface area contributed by atoms with E-state index < -0.39 is 0 Å². The number of rotatable bonds is 2. The monoisotopic (exact) mass is 272 g/mol. The van der Waals surface area contributed by atoms with Crippen molar-refractivity contribution >= 4 is 17.0 Å². The Hall–Kier alpha value is -1.32. The van der Waals surface area contributed by atoms with Gasteiger partial charge in [0.15, 0.2) is 0 Å². The van der Waals surface area contributed by atoms with E-state index in [1.165, 1.54) is 16.8 Å². The molecule has 0 saturated heterocycles. The van der Waals surface area contributed by atoms with E-state index in [-0.39, 0.29) is 6.04 Å². The summed E-state index contributed by atoms with van der Waals surface area (Å²) in [6.07, 6.45) is 1.16. The van der Waals surface area contributed by atoms with Gasteiger partial charge in [-0.05, 0) is 55.0 Å². The fraction of sp³-hybridized carbons (Fsp3) is 0.375. The molecule has 2 atom stereocenters. The molecule has 1 aliphatic rings. The van der Waals surface area contributed by atoms with E-state index in [1.54, 1.807) is 4.88 Å². The molecule has 0 bridgehead atoms. The molecule has 1 aromatic heterocycles. The minimum Gasteiger partial charge on any atom is -0.364 e. The van der Waals surface area contributed by atoms with Crippen LogP contribution in [0.1, 0.15) is 41.9 Å². The molecule has 1 aromatic carbocycles. The molecule has 2 aromatic rings. The number of hydrogen-bond acceptors (Lipinski definition) is 3. The minimum absolute atomic E-state index is 0.108. The first-order valence-corrected chi connectivity index (χ1v) is 7.73. The van der Waals surface area contributed by atoms with Crippen LogP contribution in [0.4, 0.5) is 5.69 Å². The normalized spacial score (nSPS) is 20.2. The van der Waals surface area contributed by atoms with Gasteiger partial charge in [-0.3, -0.25) is 0 Å². The van der Waals surface area contributed by atoms with Crippen molar-refractivity contribution in [1.82, 2.24) is 0 Å². The Bertz CT molecular complexity index is 556. The Kier molecular flexibility index (Phi) is 3.33. The lowest BCUT2D eigenvalue weighted by Gasteiger charge is -2.35. The van der Waals surface area contributed by atoms with Crippen LogP contribution in [0.25, 0.3) is 0 Å². The molecule has 100 valence electrons. The first kappa shape index (κ1) is 12.7. The molecule has 0 amide bonds. The third-order valence-corrected chi connectivity index (χ3v) is 5.02. The van der Waals surface area contributed by atoms with Crippen LogP contribution >= 0.6 is 11.3 Å². The third-order valence-electron chi connectivity index (χ3n) is 4.03. The number of hydrogen-bond donors (Lipinski definition) is 1. The highest BCUT2D eigenvalue weighted by Crippen LogP contribution is 2.36. The number of thiophene rings is 1. The van der Waals surface area contributed by atoms with Crippen molar-refractivity contribution in [3.63, 3.8) is 0 Å². The molecule has 0 radical (unpaired) electrons. The Labute approximate surface area is 118 Å². The summed E-state index contributed by atoms with van der Waals surface area (Å²) in [5, 5.41) is 2.21. The largest absolute Gasteiger partial charge is 0.364 e. The van der Waals surface area contributed by atoms with Crippen molar-refractivity contribution in [2.75, 3.05) is 11.4 Å². The second kappa shape index (κ2) is 4.99. The van der Waals surface area contributed by atoms with Crippen LogP contribution in [0.2, 0.25) is 0 Å². The summed E-state index contributed by atoms with van der Waals surface area (Å²) >= 11 is 1.89. The third kappa shape index (κ3) is 2.28. The van der Waals surface area contributed by atoms with E-state index in [0.717, 1.165) is 13.0 Å². The van der Waals surface area contributed by atoms with Gasteiger partial charge in [0.05, 0.1) is 6.04 Å². The number of fused-ring (bicyclic) bond motifs is 1. The Balaban J connectivity index is 1.87. The smallest absolute Gasteiger partial charge is 0.0525 e. The molecule has 2 heterocycles. The second-order valence-corrected chi connectivity index (χ2v) is 6.30. The number of anilines is 1. The highest BCUT2D eigenvalue weighted by Gasteiger charge is 2.24. The van der Waals surface area contributed by atoms with Gasteiger partial charge in [-0.1, -0.05) is 12.1 Å². The van der Waals surface area contributed by atoms with Gasteiger partial charge in [0.1, 0.15) is 0 Å². The highest BCUT2D eigenvalue weighted by atomic mass is 32.1. The summed E-state index contributed by atoms with van der Waals surface area (Å²) in [5.74, 6) is 0. The maximum absolute atomic E-state index is 5.91. The zero-order valence-corrected chi connectivity index (χ0v) is 12.3. The van der Waals surface area contributed by atoms with Gasteiger partial charge in [-0.25, -0.2) is 0 Å². The van der Waals surface area contributed by atoms with Gasteiger partial charge in [0, 0.05) is 23.2 Å². The van der Waals surface area contributed by atoms with Gasteiger partial charge >= 0.3 is 0 Å². The topological polar surface area (TPSA) is 29.3 Å². The molecule has 3 rings (SSSR count). The van der Waals surface area contributed by atoms with Crippen LogP contribution < -0.4 is 10.6 Å². The first-order valence-electron chi connectivity index (χ1n) is 6.85. The maximum atomic E-state index is 5.91. The van der Waals surface area contributed by atoms with E-state index >= 15 is 0 Å². The summed E-state index contributed by atoms with van der Waals surface area (Å²) in [6.45, 7) is 5.42. The fourth-order valence-corrected chi connectivity index (χ4v) is 3.79. The van der Waals surface area contributed by atoms with Gasteiger partial charge < -0.3 is 10.6 Å². The summed E-state index contributed by atoms with van der Waals surface area (Å²) in [4.78, 5) is 4.04. The van der Waals surface area contributed by atoms with E-state index in [2.05, 4.69) is 47.5 Å². The van der Waals surface area contributed by atoms with E-state index in [9.17, 15) is 0 Å². The van der Waals surface area contributed by atoms with Crippen LogP contribution in [0.15, 0.2) is 35.7 Å². The zero-order chi connectivity index (χ0) is 13.4. The average Bonchev–Trinajstić information content (AvgIpc) is 2.88. The molecule has 3 heteroatoms. The van der Waals surface area contributed by atoms with Crippen molar-refractivity contribution in [3.05, 3.63) is 51.7 Å². The predicted octanol–water partition coefficient (Wildman–Crippen LogP) is 3.89. The molecular formula is C16H20N2S. The molecule has 0 aliphatic carbocycles. The van der Waals surface area contributed by atoms with Crippen molar-refractivity contribution < 1.29 is 0 Å². The van der Waals surface area contributed by atoms with E-state index in [4.69, 9.17) is 5.73 Å². The van der Waals surface area contributed by atoms with Gasteiger partial charge in [-0.2, -0.15) is 0 Å². The fourth-order valence-electron chi connectivity index (χ4n) is 2.83. The van der Waals surface area contributed by atoms with Gasteiger partial charge in [0.25, 0.3) is 0 Å². The van der Waals surface area contributed by atoms with Crippen molar-refractivity contribution in [3.8, 4) is 0 Å². The lowest BCUT2D eigenvalue weighted by molar-refractivity contribution is 0.632. The van der Waals surface area contributed by atoms with Gasteiger partial charge in [0.2, 0.25) is 0 Å². The number of nitrogens with zero attached hydrogens (tertiary/aromatic N) is 1. The Morgan fingerprint density at radius 1 is 1.26 bits per heavy atom. The van der Waals surface area contributed by atoms with Crippen LogP contribution in [0.3, 0.4) is 0 Å². The average molecular weight is 272 g/mol. The Morgan fingerprint density at radius 2 is 2.00 bits per heavy atom. The first-order chi connectivity index (χ1) is 9.16. The number of nitrogens with two attached hydrogens (primary N) is 1. The Morgan fingerprint density at radius 3 is 2.68 bits per heavy atom. The van der Waals surface area contributed by atoms with Crippen molar-refractivity contribution in [2.24, 2.45) is 5.73 Å². The molecule has 0 fully saturated rings. The summed E-state index contributed by atoms with van der Waals surface area (Å²) in [7, 11) is 0. The summed E-state index contributed by atoms with van der Waals surface area (Å²) < 4.78 is 0. The molecule has 1 unspecified atom stereocenters. The van der Waals surface area contributed by atoms with E-state index in [1.807, 2.05) is 18.3 Å². The lowest BCUT2D eigenvalue weighted by atomic mass is 10.00. The summed E-state index contributed by atoms with van der Waals surface area (Å²) in [6, 6.07) is 11.5. The van der Waals surface area contributed by atoms with E-state index in [0.29, 0.717) is 6.04 Å². The van der Waals surface area contributed by atoms with Crippen molar-refractivity contribution in [2.45, 2.75) is 32.4 Å². The van der Waals surface area contributed by atoms with Crippen LogP contribution in [-0.2, 0) is 6.42 Å². The molecule has 2 N–H and O–H groups in total. The SMILES string of the molecule is CC1c2ccsc2CCN1c1ccc([C@@H](C)N)cc1. The molecule has 19 heavy (non-hydrogen) atoms. The standard InChI is InChI=1S/C16H20N2S/c1-11(17)13-3-5-14(6-4-13)18-9-7-16-15(12(18)2)8-10-19-16/h3-6,8,10-12H,7,9,17H2,1-2H3/t11-,12?/m1/s1. The van der Waals surface area contributed by atoms with Gasteiger partial charge in [-0.15, -0.1) is 11.3 Å². The molecule has 2 nitrogen and oxygen atoms in total. The second-order valence-electron chi connectivity index (χ2n) is 5.30. The van der Waals surface area contributed by atoms with Crippen LogP contribution in [-0.4, -0.2) is 6.54 Å². The summed E-state index contributed by atoms with van der Waals surface area (Å²) in [5.41, 5.74) is 9.90.